The Balaban J connectivity index is 1.86. The second kappa shape index (κ2) is 7.58. The van der Waals surface area contributed by atoms with E-state index < -0.39 is 0 Å². The molecule has 0 atom stereocenters. The van der Waals surface area contributed by atoms with Crippen LogP contribution in [0.25, 0.3) is 0 Å². The number of carbonyl (C=O) groups is 1. The van der Waals surface area contributed by atoms with E-state index in [0.717, 1.165) is 44.8 Å². The first kappa shape index (κ1) is 16.7. The number of anilines is 1. The summed E-state index contributed by atoms with van der Waals surface area (Å²) in [5.74, 6) is 1.51. The van der Waals surface area contributed by atoms with Crippen LogP contribution in [0.5, 0.6) is 0 Å². The van der Waals surface area contributed by atoms with Gasteiger partial charge in [-0.15, -0.1) is 0 Å². The molecule has 22 heavy (non-hydrogen) atoms. The standard InChI is InChI=1S/C17H28N4O/c1-14-6-5-9-18-16(14)21-10-7-15(8-11-21)17(22)20(4)13-12-19(2)3/h5-6,9,15H,7-8,10-13H2,1-4H3. The van der Waals surface area contributed by atoms with Crippen LogP contribution in [0.3, 0.4) is 0 Å². The van der Waals surface area contributed by atoms with Crippen molar-refractivity contribution in [1.29, 1.82) is 0 Å². The third kappa shape index (κ3) is 4.19. The summed E-state index contributed by atoms with van der Waals surface area (Å²) in [7, 11) is 5.99. The fraction of sp³-hybridized carbons (Fsp3) is 0.647. The lowest BCUT2D eigenvalue weighted by molar-refractivity contribution is -0.134. The molecule has 0 aliphatic carbocycles. The van der Waals surface area contributed by atoms with Gasteiger partial charge in [0.2, 0.25) is 5.91 Å². The number of aryl methyl sites for hydroxylation is 1. The zero-order valence-electron chi connectivity index (χ0n) is 14.2. The summed E-state index contributed by atoms with van der Waals surface area (Å²) in [5.41, 5.74) is 1.20. The third-order valence-electron chi connectivity index (χ3n) is 4.38. The molecule has 1 aliphatic heterocycles. The minimum Gasteiger partial charge on any atom is -0.356 e. The summed E-state index contributed by atoms with van der Waals surface area (Å²) in [6.07, 6.45) is 3.68. The van der Waals surface area contributed by atoms with Crippen molar-refractivity contribution in [3.63, 3.8) is 0 Å². The van der Waals surface area contributed by atoms with Crippen molar-refractivity contribution >= 4 is 11.7 Å². The summed E-state index contributed by atoms with van der Waals surface area (Å²) < 4.78 is 0. The van der Waals surface area contributed by atoms with Crippen LogP contribution in [0.4, 0.5) is 5.82 Å². The highest BCUT2D eigenvalue weighted by Crippen LogP contribution is 2.25. The largest absolute Gasteiger partial charge is 0.356 e. The van der Waals surface area contributed by atoms with Gasteiger partial charge in [0, 0.05) is 45.3 Å². The lowest BCUT2D eigenvalue weighted by Gasteiger charge is -2.34. The van der Waals surface area contributed by atoms with Crippen molar-refractivity contribution in [2.75, 3.05) is 52.2 Å². The van der Waals surface area contributed by atoms with Gasteiger partial charge in [-0.1, -0.05) is 6.07 Å². The molecular weight excluding hydrogens is 276 g/mol. The van der Waals surface area contributed by atoms with Crippen LogP contribution < -0.4 is 4.90 Å². The lowest BCUT2D eigenvalue weighted by atomic mass is 9.95. The predicted octanol–water partition coefficient (Wildman–Crippen LogP) is 1.63. The Morgan fingerprint density at radius 1 is 1.27 bits per heavy atom. The molecule has 1 aromatic heterocycles. The molecule has 0 aromatic carbocycles. The first-order valence-corrected chi connectivity index (χ1v) is 8.05. The monoisotopic (exact) mass is 304 g/mol. The number of carbonyl (C=O) groups excluding carboxylic acids is 1. The Bertz CT molecular complexity index is 495. The number of likely N-dealkylation sites (N-methyl/N-ethyl adjacent to an activating group) is 2. The van der Waals surface area contributed by atoms with E-state index in [1.165, 1.54) is 5.56 Å². The smallest absolute Gasteiger partial charge is 0.225 e. The number of amides is 1. The first-order chi connectivity index (χ1) is 10.5. The maximum atomic E-state index is 12.5. The van der Waals surface area contributed by atoms with E-state index in [2.05, 4.69) is 27.8 Å². The van der Waals surface area contributed by atoms with Crippen molar-refractivity contribution in [2.24, 2.45) is 5.92 Å². The summed E-state index contributed by atoms with van der Waals surface area (Å²) in [6, 6.07) is 4.06. The van der Waals surface area contributed by atoms with E-state index in [4.69, 9.17) is 0 Å². The highest BCUT2D eigenvalue weighted by Gasteiger charge is 2.27. The number of piperidine rings is 1. The summed E-state index contributed by atoms with van der Waals surface area (Å²) in [6.45, 7) is 5.62. The zero-order valence-corrected chi connectivity index (χ0v) is 14.2. The van der Waals surface area contributed by atoms with E-state index in [9.17, 15) is 4.79 Å². The van der Waals surface area contributed by atoms with Gasteiger partial charge in [0.05, 0.1) is 0 Å². The average molecular weight is 304 g/mol. The van der Waals surface area contributed by atoms with Crippen LogP contribution in [0, 0.1) is 12.8 Å². The minimum atomic E-state index is 0.160. The Labute approximate surface area is 133 Å². The fourth-order valence-electron chi connectivity index (χ4n) is 2.92. The molecule has 0 unspecified atom stereocenters. The van der Waals surface area contributed by atoms with Crippen LogP contribution >= 0.6 is 0 Å². The van der Waals surface area contributed by atoms with Crippen LogP contribution in [0.15, 0.2) is 18.3 Å². The molecule has 1 aliphatic rings. The fourth-order valence-corrected chi connectivity index (χ4v) is 2.92. The Hall–Kier alpha value is -1.62. The van der Waals surface area contributed by atoms with Crippen LogP contribution in [-0.4, -0.2) is 68.0 Å². The second-order valence-corrected chi connectivity index (χ2v) is 6.47. The van der Waals surface area contributed by atoms with E-state index in [0.29, 0.717) is 5.91 Å². The molecule has 2 rings (SSSR count). The maximum absolute atomic E-state index is 12.5. The zero-order chi connectivity index (χ0) is 16.1. The molecule has 5 heteroatoms. The maximum Gasteiger partial charge on any atom is 0.225 e. The average Bonchev–Trinajstić information content (AvgIpc) is 2.52. The van der Waals surface area contributed by atoms with Gasteiger partial charge < -0.3 is 14.7 Å². The SMILES string of the molecule is Cc1cccnc1N1CCC(C(=O)N(C)CCN(C)C)CC1. The Morgan fingerprint density at radius 2 is 1.95 bits per heavy atom. The summed E-state index contributed by atoms with van der Waals surface area (Å²) in [5, 5.41) is 0. The molecule has 1 aromatic rings. The van der Waals surface area contributed by atoms with Crippen LogP contribution in [0.2, 0.25) is 0 Å². The number of hydrogen-bond acceptors (Lipinski definition) is 4. The van der Waals surface area contributed by atoms with Gasteiger partial charge in [0.25, 0.3) is 0 Å². The van der Waals surface area contributed by atoms with Crippen LogP contribution in [-0.2, 0) is 4.79 Å². The van der Waals surface area contributed by atoms with E-state index >= 15 is 0 Å². The molecule has 0 radical (unpaired) electrons. The topological polar surface area (TPSA) is 39.7 Å². The molecule has 1 amide bonds. The lowest BCUT2D eigenvalue weighted by Crippen LogP contribution is -2.43. The number of hydrogen-bond donors (Lipinski definition) is 0. The minimum absolute atomic E-state index is 0.160. The molecule has 1 fully saturated rings. The quantitative estimate of drug-likeness (QED) is 0.829. The number of pyridine rings is 1. The van der Waals surface area contributed by atoms with Crippen LogP contribution in [0.1, 0.15) is 18.4 Å². The van der Waals surface area contributed by atoms with E-state index in [-0.39, 0.29) is 5.92 Å². The van der Waals surface area contributed by atoms with Gasteiger partial charge in [-0.05, 0) is 45.5 Å². The normalized spacial score (nSPS) is 16.1. The van der Waals surface area contributed by atoms with Gasteiger partial charge in [-0.2, -0.15) is 0 Å². The van der Waals surface area contributed by atoms with Gasteiger partial charge in [0.1, 0.15) is 5.82 Å². The predicted molar refractivity (Wildman–Crippen MR) is 90.1 cm³/mol. The van der Waals surface area contributed by atoms with Crippen molar-refractivity contribution < 1.29 is 4.79 Å². The number of rotatable bonds is 5. The van der Waals surface area contributed by atoms with E-state index in [1.54, 1.807) is 0 Å². The molecular formula is C17H28N4O. The van der Waals surface area contributed by atoms with Crippen molar-refractivity contribution in [3.05, 3.63) is 23.9 Å². The Kier molecular flexibility index (Phi) is 5.77. The molecule has 0 saturated carbocycles. The summed E-state index contributed by atoms with van der Waals surface area (Å²) >= 11 is 0. The van der Waals surface area contributed by atoms with Crippen molar-refractivity contribution in [2.45, 2.75) is 19.8 Å². The highest BCUT2D eigenvalue weighted by atomic mass is 16.2. The van der Waals surface area contributed by atoms with Crippen molar-refractivity contribution in [3.8, 4) is 0 Å². The highest BCUT2D eigenvalue weighted by molar-refractivity contribution is 5.79. The molecule has 5 nitrogen and oxygen atoms in total. The van der Waals surface area contributed by atoms with E-state index in [1.807, 2.05) is 38.3 Å². The summed E-state index contributed by atoms with van der Waals surface area (Å²) in [4.78, 5) is 23.3. The number of nitrogens with zero attached hydrogens (tertiary/aromatic N) is 4. The Morgan fingerprint density at radius 3 is 2.55 bits per heavy atom. The van der Waals surface area contributed by atoms with Gasteiger partial charge in [0.15, 0.2) is 0 Å². The second-order valence-electron chi connectivity index (χ2n) is 6.47. The van der Waals surface area contributed by atoms with Gasteiger partial charge in [-0.3, -0.25) is 4.79 Å². The van der Waals surface area contributed by atoms with Gasteiger partial charge in [-0.25, -0.2) is 4.98 Å². The van der Waals surface area contributed by atoms with Gasteiger partial charge >= 0.3 is 0 Å². The molecule has 0 bridgehead atoms. The molecule has 0 spiro atoms. The molecule has 0 N–H and O–H groups in total. The van der Waals surface area contributed by atoms with Crippen molar-refractivity contribution in [1.82, 2.24) is 14.8 Å². The molecule has 2 heterocycles. The first-order valence-electron chi connectivity index (χ1n) is 8.05. The third-order valence-corrected chi connectivity index (χ3v) is 4.38. The molecule has 1 saturated heterocycles. The number of aromatic nitrogens is 1. The molecule has 122 valence electrons.